The highest BCUT2D eigenvalue weighted by molar-refractivity contribution is 5.92. The first-order valence-electron chi connectivity index (χ1n) is 12.7. The minimum atomic E-state index is -0.642. The first-order chi connectivity index (χ1) is 15.3. The molecule has 6 aliphatic rings. The number of nitrogens with zero attached hydrogens (tertiary/aromatic N) is 1. The molecule has 0 aromatic rings. The summed E-state index contributed by atoms with van der Waals surface area (Å²) in [6, 6.07) is 0. The highest BCUT2D eigenvalue weighted by Gasteiger charge is 2.68. The molecule has 0 unspecified atom stereocenters. The summed E-state index contributed by atoms with van der Waals surface area (Å²) in [5, 5.41) is 25.7. The standard InChI is InChI=1S/C25H39NO6/c1-22-13-18(27)21-16(17(22)6-7-19(22)24(3)29-8-9-30-24)5-4-15-12-25(31-10-11-32-25)14-20(26-28)23(15,21)2/h15-19,21,27-28H,4-14H2,1-3H3/b26-20-/t15-,16-,17-,18+,19-,21+,22-,23+/m0/s1. The molecule has 7 nitrogen and oxygen atoms in total. The predicted octanol–water partition coefficient (Wildman–Crippen LogP) is 3.56. The van der Waals surface area contributed by atoms with E-state index in [1.54, 1.807) is 0 Å². The van der Waals surface area contributed by atoms with Crippen LogP contribution in [0.2, 0.25) is 0 Å². The average Bonchev–Trinajstić information content (AvgIpc) is 3.47. The van der Waals surface area contributed by atoms with Gasteiger partial charge in [-0.25, -0.2) is 0 Å². The molecule has 2 heterocycles. The third kappa shape index (κ3) is 2.75. The van der Waals surface area contributed by atoms with Gasteiger partial charge in [0.15, 0.2) is 11.6 Å². The lowest BCUT2D eigenvalue weighted by molar-refractivity contribution is -0.233. The van der Waals surface area contributed by atoms with Crippen molar-refractivity contribution in [2.24, 2.45) is 45.6 Å². The minimum Gasteiger partial charge on any atom is -0.411 e. The van der Waals surface area contributed by atoms with Gasteiger partial charge in [0.1, 0.15) is 0 Å². The van der Waals surface area contributed by atoms with E-state index in [-0.39, 0.29) is 22.7 Å². The average molecular weight is 450 g/mol. The third-order valence-corrected chi connectivity index (χ3v) is 10.9. The lowest BCUT2D eigenvalue weighted by atomic mass is 9.43. The molecule has 0 bridgehead atoms. The number of hydrogen-bond donors (Lipinski definition) is 2. The van der Waals surface area contributed by atoms with Crippen LogP contribution in [0.3, 0.4) is 0 Å². The Hall–Kier alpha value is -0.730. The number of hydrogen-bond acceptors (Lipinski definition) is 7. The van der Waals surface area contributed by atoms with Crippen molar-refractivity contribution in [2.45, 2.75) is 83.4 Å². The zero-order chi connectivity index (χ0) is 22.4. The minimum absolute atomic E-state index is 0.00699. The molecular formula is C25H39NO6. The smallest absolute Gasteiger partial charge is 0.174 e. The fraction of sp³-hybridized carbons (Fsp3) is 0.960. The van der Waals surface area contributed by atoms with Gasteiger partial charge >= 0.3 is 0 Å². The van der Waals surface area contributed by atoms with Crippen molar-refractivity contribution in [1.82, 2.24) is 0 Å². The molecule has 0 aromatic heterocycles. The van der Waals surface area contributed by atoms with Gasteiger partial charge in [0.25, 0.3) is 0 Å². The first kappa shape index (κ1) is 21.8. The van der Waals surface area contributed by atoms with Crippen molar-refractivity contribution in [2.75, 3.05) is 26.4 Å². The molecule has 6 rings (SSSR count). The van der Waals surface area contributed by atoms with E-state index < -0.39 is 17.7 Å². The summed E-state index contributed by atoms with van der Waals surface area (Å²) in [5.74, 6) is 0.441. The molecule has 4 saturated carbocycles. The highest BCUT2D eigenvalue weighted by atomic mass is 16.7. The zero-order valence-electron chi connectivity index (χ0n) is 19.7. The van der Waals surface area contributed by atoms with Crippen LogP contribution < -0.4 is 0 Å². The van der Waals surface area contributed by atoms with Crippen LogP contribution in [0.5, 0.6) is 0 Å². The Morgan fingerprint density at radius 1 is 0.875 bits per heavy atom. The van der Waals surface area contributed by atoms with Crippen LogP contribution in [0.1, 0.15) is 65.7 Å². The number of oxime groups is 1. The Balaban J connectivity index is 1.34. The van der Waals surface area contributed by atoms with Gasteiger partial charge in [0, 0.05) is 24.2 Å². The summed E-state index contributed by atoms with van der Waals surface area (Å²) >= 11 is 0. The Bertz CT molecular complexity index is 789. The quantitative estimate of drug-likeness (QED) is 0.470. The third-order valence-electron chi connectivity index (χ3n) is 10.9. The molecule has 2 saturated heterocycles. The summed E-state index contributed by atoms with van der Waals surface area (Å²) in [6.45, 7) is 9.23. The van der Waals surface area contributed by atoms with Gasteiger partial charge in [-0.3, -0.25) is 0 Å². The van der Waals surface area contributed by atoms with Gasteiger partial charge in [-0.05, 0) is 68.1 Å². The zero-order valence-corrected chi connectivity index (χ0v) is 19.7. The Morgan fingerprint density at radius 2 is 1.56 bits per heavy atom. The fourth-order valence-corrected chi connectivity index (χ4v) is 9.65. The van der Waals surface area contributed by atoms with E-state index in [9.17, 15) is 10.3 Å². The Morgan fingerprint density at radius 3 is 2.25 bits per heavy atom. The normalized spacial score (nSPS) is 52.7. The topological polar surface area (TPSA) is 89.7 Å². The van der Waals surface area contributed by atoms with Crippen molar-refractivity contribution >= 4 is 5.71 Å². The monoisotopic (exact) mass is 449 g/mol. The molecule has 0 aromatic carbocycles. The summed E-state index contributed by atoms with van der Waals surface area (Å²) in [4.78, 5) is 0. The van der Waals surface area contributed by atoms with E-state index in [0.29, 0.717) is 50.6 Å². The van der Waals surface area contributed by atoms with E-state index in [2.05, 4.69) is 25.9 Å². The van der Waals surface area contributed by atoms with Crippen LogP contribution in [0.4, 0.5) is 0 Å². The van der Waals surface area contributed by atoms with E-state index >= 15 is 0 Å². The molecule has 7 heteroatoms. The van der Waals surface area contributed by atoms with Gasteiger partial charge < -0.3 is 29.3 Å². The maximum atomic E-state index is 11.8. The van der Waals surface area contributed by atoms with Crippen molar-refractivity contribution in [3.63, 3.8) is 0 Å². The molecule has 8 atom stereocenters. The molecule has 4 aliphatic carbocycles. The largest absolute Gasteiger partial charge is 0.411 e. The SMILES string of the molecule is CC1([C@H]2CC[C@H]3[C@@H]4CC[C@H]5CC6(C/C(=N/O)[C@]5(C)[C@H]4[C@H](O)C[C@]23C)OCCO6)OCCO1. The molecule has 0 radical (unpaired) electrons. The van der Waals surface area contributed by atoms with Crippen LogP contribution in [0, 0.1) is 40.4 Å². The number of rotatable bonds is 1. The number of fused-ring (bicyclic) bond motifs is 5. The molecule has 180 valence electrons. The van der Waals surface area contributed by atoms with Crippen molar-refractivity contribution in [3.05, 3.63) is 0 Å². The summed E-state index contributed by atoms with van der Waals surface area (Å²) < 4.78 is 24.3. The lowest BCUT2D eigenvalue weighted by Crippen LogP contribution is -2.64. The lowest BCUT2D eigenvalue weighted by Gasteiger charge is -2.63. The van der Waals surface area contributed by atoms with Gasteiger partial charge in [0.2, 0.25) is 0 Å². The van der Waals surface area contributed by atoms with Gasteiger partial charge in [-0.1, -0.05) is 19.0 Å². The maximum Gasteiger partial charge on any atom is 0.174 e. The number of aliphatic hydroxyl groups is 1. The summed E-state index contributed by atoms with van der Waals surface area (Å²) in [5.41, 5.74) is 0.422. The number of aliphatic hydroxyl groups excluding tert-OH is 1. The van der Waals surface area contributed by atoms with Crippen molar-refractivity contribution in [3.8, 4) is 0 Å². The van der Waals surface area contributed by atoms with E-state index in [1.807, 2.05) is 0 Å². The van der Waals surface area contributed by atoms with Crippen LogP contribution in [0.25, 0.3) is 0 Å². The van der Waals surface area contributed by atoms with E-state index in [0.717, 1.165) is 44.2 Å². The molecule has 0 amide bonds. The van der Waals surface area contributed by atoms with Crippen molar-refractivity contribution in [1.29, 1.82) is 0 Å². The summed E-state index contributed by atoms with van der Waals surface area (Å²) in [7, 11) is 0. The van der Waals surface area contributed by atoms with Gasteiger partial charge in [-0.15, -0.1) is 0 Å². The van der Waals surface area contributed by atoms with Crippen LogP contribution in [0.15, 0.2) is 5.16 Å². The molecule has 6 fully saturated rings. The second-order valence-electron chi connectivity index (χ2n) is 12.0. The maximum absolute atomic E-state index is 11.8. The predicted molar refractivity (Wildman–Crippen MR) is 116 cm³/mol. The number of ether oxygens (including phenoxy) is 4. The second kappa shape index (κ2) is 7.14. The second-order valence-corrected chi connectivity index (χ2v) is 12.0. The first-order valence-corrected chi connectivity index (χ1v) is 12.7. The van der Waals surface area contributed by atoms with Crippen LogP contribution in [-0.4, -0.2) is 60.1 Å². The van der Waals surface area contributed by atoms with Gasteiger partial charge in [0.05, 0.1) is 38.2 Å². The molecule has 32 heavy (non-hydrogen) atoms. The summed E-state index contributed by atoms with van der Waals surface area (Å²) in [6.07, 6.45) is 6.03. The highest BCUT2D eigenvalue weighted by Crippen LogP contribution is 2.69. The van der Waals surface area contributed by atoms with E-state index in [4.69, 9.17) is 18.9 Å². The fourth-order valence-electron chi connectivity index (χ4n) is 9.65. The van der Waals surface area contributed by atoms with Crippen LogP contribution in [-0.2, 0) is 18.9 Å². The van der Waals surface area contributed by atoms with Crippen molar-refractivity contribution < 1.29 is 29.3 Å². The van der Waals surface area contributed by atoms with Crippen LogP contribution >= 0.6 is 0 Å². The van der Waals surface area contributed by atoms with Gasteiger partial charge in [-0.2, -0.15) is 0 Å². The molecular weight excluding hydrogens is 410 g/mol. The van der Waals surface area contributed by atoms with E-state index in [1.165, 1.54) is 0 Å². The Labute approximate surface area is 190 Å². The molecule has 2 N–H and O–H groups in total. The Kier molecular flexibility index (Phi) is 4.86. The molecule has 2 aliphatic heterocycles. The molecule has 1 spiro atoms.